The highest BCUT2D eigenvalue weighted by molar-refractivity contribution is 7.90. The Morgan fingerprint density at radius 1 is 1.33 bits per heavy atom. The summed E-state index contributed by atoms with van der Waals surface area (Å²) >= 11 is 0. The molecule has 1 fully saturated rings. The predicted octanol–water partition coefficient (Wildman–Crippen LogP) is 2.38. The third kappa shape index (κ3) is 3.24. The lowest BCUT2D eigenvalue weighted by molar-refractivity contribution is 0.153. The van der Waals surface area contributed by atoms with Gasteiger partial charge in [-0.3, -0.25) is 0 Å². The number of piperidine rings is 1. The molecule has 4 nitrogen and oxygen atoms in total. The first-order chi connectivity index (χ1) is 8.23. The third-order valence-corrected chi connectivity index (χ3v) is 6.16. The first-order valence-corrected chi connectivity index (χ1v) is 8.12. The largest absolute Gasteiger partial charge is 0.230 e. The van der Waals surface area contributed by atoms with E-state index in [1.54, 1.807) is 6.92 Å². The standard InChI is InChI=1S/C13H24N2O2S/c1-5-12(10-14)18(16,17)15-8-6-11(7-9-15)13(2,3)4/h11-12H,5-9H2,1-4H3. The Bertz CT molecular complexity index is 409. The third-order valence-electron chi connectivity index (χ3n) is 3.91. The van der Waals surface area contributed by atoms with Crippen molar-refractivity contribution in [2.75, 3.05) is 13.1 Å². The molecule has 1 heterocycles. The van der Waals surface area contributed by atoms with Gasteiger partial charge in [0.05, 0.1) is 6.07 Å². The summed E-state index contributed by atoms with van der Waals surface area (Å²) in [6.07, 6.45) is 2.15. The maximum absolute atomic E-state index is 12.2. The van der Waals surface area contributed by atoms with E-state index in [9.17, 15) is 8.42 Å². The first kappa shape index (κ1) is 15.5. The Morgan fingerprint density at radius 3 is 2.17 bits per heavy atom. The molecule has 0 spiro atoms. The van der Waals surface area contributed by atoms with Gasteiger partial charge in [-0.15, -0.1) is 0 Å². The molecule has 0 saturated carbocycles. The summed E-state index contributed by atoms with van der Waals surface area (Å²) in [6.45, 7) is 9.46. The molecule has 0 aliphatic carbocycles. The SMILES string of the molecule is CCC(C#N)S(=O)(=O)N1CCC(C(C)(C)C)CC1. The van der Waals surface area contributed by atoms with E-state index < -0.39 is 15.3 Å². The Hall–Kier alpha value is -0.600. The van der Waals surface area contributed by atoms with Crippen LogP contribution in [0, 0.1) is 22.7 Å². The Kier molecular flexibility index (Phi) is 4.79. The highest BCUT2D eigenvalue weighted by atomic mass is 32.2. The van der Waals surface area contributed by atoms with Gasteiger partial charge in [0.15, 0.2) is 5.25 Å². The molecule has 18 heavy (non-hydrogen) atoms. The number of nitriles is 1. The van der Waals surface area contributed by atoms with Gasteiger partial charge in [-0.05, 0) is 30.6 Å². The van der Waals surface area contributed by atoms with Crippen molar-refractivity contribution in [3.63, 3.8) is 0 Å². The van der Waals surface area contributed by atoms with Crippen molar-refractivity contribution in [3.05, 3.63) is 0 Å². The van der Waals surface area contributed by atoms with E-state index in [1.807, 2.05) is 6.07 Å². The molecule has 0 bridgehead atoms. The second kappa shape index (κ2) is 5.58. The molecule has 0 amide bonds. The summed E-state index contributed by atoms with van der Waals surface area (Å²) in [5.74, 6) is 0.561. The molecule has 0 aromatic rings. The zero-order valence-electron chi connectivity index (χ0n) is 11.8. The highest BCUT2D eigenvalue weighted by Crippen LogP contribution is 2.35. The molecule has 1 atom stereocenters. The molecular weight excluding hydrogens is 248 g/mol. The Balaban J connectivity index is 2.72. The van der Waals surface area contributed by atoms with E-state index in [0.717, 1.165) is 12.8 Å². The van der Waals surface area contributed by atoms with Crippen LogP contribution in [0.25, 0.3) is 0 Å². The topological polar surface area (TPSA) is 61.2 Å². The normalized spacial score (nSPS) is 21.5. The summed E-state index contributed by atoms with van der Waals surface area (Å²) < 4.78 is 25.9. The number of nitrogens with zero attached hydrogens (tertiary/aromatic N) is 2. The van der Waals surface area contributed by atoms with E-state index in [2.05, 4.69) is 20.8 Å². The Labute approximate surface area is 111 Å². The monoisotopic (exact) mass is 272 g/mol. The van der Waals surface area contributed by atoms with E-state index in [0.29, 0.717) is 25.4 Å². The minimum Gasteiger partial charge on any atom is -0.211 e. The molecule has 104 valence electrons. The summed E-state index contributed by atoms with van der Waals surface area (Å²) in [4.78, 5) is 0. The average molecular weight is 272 g/mol. The first-order valence-electron chi connectivity index (χ1n) is 6.62. The van der Waals surface area contributed by atoms with Crippen LogP contribution in [0.5, 0.6) is 0 Å². The number of sulfonamides is 1. The smallest absolute Gasteiger partial charge is 0.211 e. The fraction of sp³-hybridized carbons (Fsp3) is 0.923. The average Bonchev–Trinajstić information content (AvgIpc) is 2.29. The van der Waals surface area contributed by atoms with Crippen molar-refractivity contribution in [3.8, 4) is 6.07 Å². The summed E-state index contributed by atoms with van der Waals surface area (Å²) in [5, 5.41) is 8.03. The van der Waals surface area contributed by atoms with Crippen molar-refractivity contribution < 1.29 is 8.42 Å². The molecule has 1 unspecified atom stereocenters. The molecule has 1 rings (SSSR count). The van der Waals surface area contributed by atoms with E-state index in [1.165, 1.54) is 4.31 Å². The molecule has 0 aromatic carbocycles. The van der Waals surface area contributed by atoms with Crippen LogP contribution in [-0.2, 0) is 10.0 Å². The molecule has 1 saturated heterocycles. The zero-order valence-corrected chi connectivity index (χ0v) is 12.6. The van der Waals surface area contributed by atoms with Crippen LogP contribution < -0.4 is 0 Å². The van der Waals surface area contributed by atoms with Crippen LogP contribution >= 0.6 is 0 Å². The van der Waals surface area contributed by atoms with Gasteiger partial charge in [0.1, 0.15) is 0 Å². The van der Waals surface area contributed by atoms with Crippen LogP contribution in [0.15, 0.2) is 0 Å². The quantitative estimate of drug-likeness (QED) is 0.792. The van der Waals surface area contributed by atoms with Gasteiger partial charge >= 0.3 is 0 Å². The van der Waals surface area contributed by atoms with Gasteiger partial charge < -0.3 is 0 Å². The lowest BCUT2D eigenvalue weighted by atomic mass is 9.76. The highest BCUT2D eigenvalue weighted by Gasteiger charge is 2.36. The minimum atomic E-state index is -3.42. The van der Waals surface area contributed by atoms with Crippen LogP contribution in [0.1, 0.15) is 47.0 Å². The van der Waals surface area contributed by atoms with Crippen molar-refractivity contribution in [1.82, 2.24) is 4.31 Å². The second-order valence-corrected chi connectivity index (χ2v) is 8.23. The van der Waals surface area contributed by atoms with Crippen LogP contribution in [-0.4, -0.2) is 31.1 Å². The Morgan fingerprint density at radius 2 is 1.83 bits per heavy atom. The molecule has 5 heteroatoms. The lowest BCUT2D eigenvalue weighted by Crippen LogP contribution is -2.44. The van der Waals surface area contributed by atoms with Crippen molar-refractivity contribution >= 4 is 10.0 Å². The molecule has 1 aliphatic heterocycles. The van der Waals surface area contributed by atoms with Crippen LogP contribution in [0.3, 0.4) is 0 Å². The number of hydrogen-bond donors (Lipinski definition) is 0. The van der Waals surface area contributed by atoms with Gasteiger partial charge in [0.2, 0.25) is 10.0 Å². The summed E-state index contributed by atoms with van der Waals surface area (Å²) in [5.41, 5.74) is 0.231. The van der Waals surface area contributed by atoms with Crippen LogP contribution in [0.2, 0.25) is 0 Å². The van der Waals surface area contributed by atoms with E-state index in [4.69, 9.17) is 5.26 Å². The number of hydrogen-bond acceptors (Lipinski definition) is 3. The minimum absolute atomic E-state index is 0.231. The van der Waals surface area contributed by atoms with Gasteiger partial charge in [0, 0.05) is 13.1 Å². The molecule has 0 aromatic heterocycles. The molecule has 1 aliphatic rings. The lowest BCUT2D eigenvalue weighted by Gasteiger charge is -2.38. The second-order valence-electron chi connectivity index (χ2n) is 6.11. The van der Waals surface area contributed by atoms with Crippen molar-refractivity contribution in [2.45, 2.75) is 52.2 Å². The van der Waals surface area contributed by atoms with Gasteiger partial charge in [-0.2, -0.15) is 5.26 Å². The predicted molar refractivity (Wildman–Crippen MR) is 72.4 cm³/mol. The fourth-order valence-corrected chi connectivity index (χ4v) is 4.16. The van der Waals surface area contributed by atoms with E-state index in [-0.39, 0.29) is 5.41 Å². The fourth-order valence-electron chi connectivity index (χ4n) is 2.52. The van der Waals surface area contributed by atoms with Crippen LogP contribution in [0.4, 0.5) is 0 Å². The molecule has 0 radical (unpaired) electrons. The number of rotatable bonds is 3. The summed E-state index contributed by atoms with van der Waals surface area (Å²) in [6, 6.07) is 1.90. The van der Waals surface area contributed by atoms with Gasteiger partial charge in [-0.25, -0.2) is 12.7 Å². The molecule has 0 N–H and O–H groups in total. The van der Waals surface area contributed by atoms with Gasteiger partial charge in [-0.1, -0.05) is 27.7 Å². The van der Waals surface area contributed by atoms with Gasteiger partial charge in [0.25, 0.3) is 0 Å². The zero-order chi connectivity index (χ0) is 14.0. The summed E-state index contributed by atoms with van der Waals surface area (Å²) in [7, 11) is -3.42. The maximum Gasteiger partial charge on any atom is 0.230 e. The van der Waals surface area contributed by atoms with Crippen molar-refractivity contribution in [2.24, 2.45) is 11.3 Å². The maximum atomic E-state index is 12.2. The molecular formula is C13H24N2O2S. The van der Waals surface area contributed by atoms with E-state index >= 15 is 0 Å². The van der Waals surface area contributed by atoms with Crippen molar-refractivity contribution in [1.29, 1.82) is 5.26 Å².